The fourth-order valence-corrected chi connectivity index (χ4v) is 4.87. The van der Waals surface area contributed by atoms with Crippen LogP contribution >= 0.6 is 33.6 Å². The second-order valence-electron chi connectivity index (χ2n) is 6.40. The fraction of sp³-hybridized carbons (Fsp3) is 0.500. The molecule has 0 bridgehead atoms. The van der Waals surface area contributed by atoms with E-state index in [0.29, 0.717) is 55.1 Å². The van der Waals surface area contributed by atoms with Gasteiger partial charge in [-0.2, -0.15) is 4.33 Å². The molecular formula is C18H22N3NaO8S3. The van der Waals surface area contributed by atoms with Gasteiger partial charge >= 0.3 is 35.5 Å². The van der Waals surface area contributed by atoms with E-state index in [9.17, 15) is 24.4 Å². The Morgan fingerprint density at radius 3 is 2.76 bits per heavy atom. The molecule has 1 aromatic heterocycles. The van der Waals surface area contributed by atoms with Crippen molar-refractivity contribution < 1.29 is 68.2 Å². The number of pyridine rings is 1. The molecule has 0 radical (unpaired) electrons. The number of unbranched alkanes of at least 4 members (excludes halogenated alkanes) is 2. The summed E-state index contributed by atoms with van der Waals surface area (Å²) in [5.74, 6) is -1.57. The second-order valence-corrected chi connectivity index (χ2v) is 9.73. The topological polar surface area (TPSA) is 147 Å². The molecule has 1 fully saturated rings. The Hall–Kier alpha value is -0.840. The van der Waals surface area contributed by atoms with Gasteiger partial charge in [-0.3, -0.25) is 19.4 Å². The summed E-state index contributed by atoms with van der Waals surface area (Å²) in [6.45, 7) is 0.496. The SMILES string of the molecule is O=C(CCSSc1ccccn1)NCCCCCC(=O)ON1C(=O)CC(SOO[O-])C1=O.[Na+]. The number of hydroxylamine groups is 2. The van der Waals surface area contributed by atoms with E-state index in [4.69, 9.17) is 4.84 Å². The number of carbonyl (C=O) groups excluding carboxylic acids is 4. The van der Waals surface area contributed by atoms with Gasteiger partial charge in [-0.1, -0.05) is 23.3 Å². The largest absolute Gasteiger partial charge is 1.00 e. The summed E-state index contributed by atoms with van der Waals surface area (Å²) in [6, 6.07) is 5.67. The quantitative estimate of drug-likeness (QED) is 0.0530. The van der Waals surface area contributed by atoms with Crippen LogP contribution in [0.25, 0.3) is 0 Å². The summed E-state index contributed by atoms with van der Waals surface area (Å²) in [5.41, 5.74) is 0. The third-order valence-electron chi connectivity index (χ3n) is 4.01. The molecule has 1 saturated heterocycles. The van der Waals surface area contributed by atoms with Crippen molar-refractivity contribution in [3.63, 3.8) is 0 Å². The Labute approximate surface area is 225 Å². The van der Waals surface area contributed by atoms with Gasteiger partial charge < -0.3 is 15.4 Å². The maximum absolute atomic E-state index is 11.9. The van der Waals surface area contributed by atoms with Crippen molar-refractivity contribution >= 4 is 57.3 Å². The number of hydrogen-bond donors (Lipinski definition) is 1. The molecule has 0 saturated carbocycles. The average Bonchev–Trinajstić information content (AvgIpc) is 3.05. The van der Waals surface area contributed by atoms with Crippen LogP contribution in [0, 0.1) is 0 Å². The molecular weight excluding hydrogens is 505 g/mol. The molecule has 1 N–H and O–H groups in total. The minimum Gasteiger partial charge on any atom is -0.691 e. The smallest absolute Gasteiger partial charge is 0.691 e. The van der Waals surface area contributed by atoms with Gasteiger partial charge in [-0.25, -0.2) is 9.78 Å². The number of aromatic nitrogens is 1. The molecule has 15 heteroatoms. The summed E-state index contributed by atoms with van der Waals surface area (Å²) < 4.78 is 4.04. The third-order valence-corrected chi connectivity index (χ3v) is 7.01. The van der Waals surface area contributed by atoms with Gasteiger partial charge in [0.15, 0.2) is 0 Å². The van der Waals surface area contributed by atoms with E-state index in [1.54, 1.807) is 17.0 Å². The van der Waals surface area contributed by atoms with E-state index in [1.807, 2.05) is 18.2 Å². The number of nitrogens with zero attached hydrogens (tertiary/aromatic N) is 2. The summed E-state index contributed by atoms with van der Waals surface area (Å²) in [5, 5.41) is 16.1. The van der Waals surface area contributed by atoms with Gasteiger partial charge in [0, 0.05) is 43.4 Å². The van der Waals surface area contributed by atoms with Crippen LogP contribution in [-0.4, -0.2) is 51.3 Å². The first-order chi connectivity index (χ1) is 15.5. The molecule has 1 aliphatic heterocycles. The zero-order chi connectivity index (χ0) is 23.2. The van der Waals surface area contributed by atoms with Gasteiger partial charge in [-0.05, 0) is 35.8 Å². The molecule has 3 amide bonds. The van der Waals surface area contributed by atoms with Gasteiger partial charge in [0.25, 0.3) is 11.8 Å². The van der Waals surface area contributed by atoms with Crippen LogP contribution in [0.2, 0.25) is 0 Å². The summed E-state index contributed by atoms with van der Waals surface area (Å²) in [7, 11) is 3.09. The third kappa shape index (κ3) is 11.9. The van der Waals surface area contributed by atoms with Gasteiger partial charge in [0.05, 0.1) is 6.42 Å². The van der Waals surface area contributed by atoms with E-state index < -0.39 is 23.0 Å². The predicted octanol–water partition coefficient (Wildman–Crippen LogP) is -1.65. The maximum atomic E-state index is 11.9. The summed E-state index contributed by atoms with van der Waals surface area (Å²) >= 11 is 0.383. The van der Waals surface area contributed by atoms with Crippen molar-refractivity contribution in [2.24, 2.45) is 0 Å². The van der Waals surface area contributed by atoms with E-state index in [1.165, 1.54) is 10.8 Å². The van der Waals surface area contributed by atoms with E-state index in [0.717, 1.165) is 5.03 Å². The molecule has 1 unspecified atom stereocenters. The maximum Gasteiger partial charge on any atom is 1.00 e. The monoisotopic (exact) mass is 527 g/mol. The Balaban J connectivity index is 0.00000544. The van der Waals surface area contributed by atoms with Crippen molar-refractivity contribution in [1.82, 2.24) is 15.4 Å². The van der Waals surface area contributed by atoms with Crippen molar-refractivity contribution in [1.29, 1.82) is 0 Å². The zero-order valence-electron chi connectivity index (χ0n) is 17.9. The van der Waals surface area contributed by atoms with Crippen LogP contribution in [0.1, 0.15) is 38.5 Å². The molecule has 2 rings (SSSR count). The second kappa shape index (κ2) is 17.6. The van der Waals surface area contributed by atoms with Crippen molar-refractivity contribution in [2.45, 2.75) is 48.8 Å². The first-order valence-electron chi connectivity index (χ1n) is 9.68. The van der Waals surface area contributed by atoms with Gasteiger partial charge in [-0.15, -0.1) is 5.06 Å². The Morgan fingerprint density at radius 1 is 1.21 bits per heavy atom. The van der Waals surface area contributed by atoms with E-state index in [2.05, 4.69) is 19.7 Å². The number of nitrogens with one attached hydrogen (secondary N) is 1. The fourth-order valence-electron chi connectivity index (χ4n) is 2.48. The van der Waals surface area contributed by atoms with Crippen molar-refractivity contribution in [2.75, 3.05) is 12.3 Å². The standard InChI is InChI=1S/C18H23N3O8S3.Na/c22-14(8-11-30-32-15-6-3-5-10-20-15)19-9-4-1-2-7-17(24)27-21-16(23)12-13(18(21)25)31-29-28-26;/h3,5-6,10,13,26H,1-2,4,7-9,11-12H2,(H,19,22);/q;+1/p-1. The zero-order valence-corrected chi connectivity index (χ0v) is 22.4. The summed E-state index contributed by atoms with van der Waals surface area (Å²) in [6.07, 6.45) is 3.70. The molecule has 0 aromatic carbocycles. The number of hydrogen-bond acceptors (Lipinski definition) is 12. The molecule has 1 atom stereocenters. The van der Waals surface area contributed by atoms with Crippen molar-refractivity contribution in [3.8, 4) is 0 Å². The number of rotatable bonds is 15. The molecule has 176 valence electrons. The first kappa shape index (κ1) is 30.2. The Kier molecular flexibility index (Phi) is 16.1. The number of carbonyl (C=O) groups is 4. The molecule has 33 heavy (non-hydrogen) atoms. The number of imide groups is 1. The normalized spacial score (nSPS) is 15.3. The summed E-state index contributed by atoms with van der Waals surface area (Å²) in [4.78, 5) is 56.3. The molecule has 1 aliphatic rings. The van der Waals surface area contributed by atoms with Crippen LogP contribution in [0.3, 0.4) is 0 Å². The number of amides is 3. The molecule has 0 spiro atoms. The van der Waals surface area contributed by atoms with E-state index >= 15 is 0 Å². The Bertz CT molecular complexity index is 778. The van der Waals surface area contributed by atoms with Crippen LogP contribution in [0.4, 0.5) is 0 Å². The predicted molar refractivity (Wildman–Crippen MR) is 115 cm³/mol. The molecule has 0 aliphatic carbocycles. The van der Waals surface area contributed by atoms with E-state index in [-0.39, 0.29) is 48.3 Å². The molecule has 1 aromatic rings. The molecule has 2 heterocycles. The minimum absolute atomic E-state index is 0. The first-order valence-corrected chi connectivity index (χ1v) is 12.8. The van der Waals surface area contributed by atoms with Crippen LogP contribution in [-0.2, 0) is 33.4 Å². The minimum atomic E-state index is -1.00. The van der Waals surface area contributed by atoms with Gasteiger partial charge in [0.1, 0.15) is 10.3 Å². The van der Waals surface area contributed by atoms with Gasteiger partial charge in [0.2, 0.25) is 5.91 Å². The van der Waals surface area contributed by atoms with Crippen LogP contribution in [0.5, 0.6) is 0 Å². The van der Waals surface area contributed by atoms with Crippen LogP contribution < -0.4 is 40.1 Å². The molecule has 11 nitrogen and oxygen atoms in total. The average molecular weight is 528 g/mol. The van der Waals surface area contributed by atoms with Crippen LogP contribution in [0.15, 0.2) is 29.4 Å². The van der Waals surface area contributed by atoms with Crippen molar-refractivity contribution in [3.05, 3.63) is 24.4 Å². The Morgan fingerprint density at radius 2 is 2.03 bits per heavy atom.